The number of aromatic hydroxyl groups is 1. The number of hydrogen-bond donors (Lipinski definition) is 2. The summed E-state index contributed by atoms with van der Waals surface area (Å²) in [4.78, 5) is 51.8. The molecule has 0 bridgehead atoms. The van der Waals surface area contributed by atoms with Crippen LogP contribution in [-0.2, 0) is 25.6 Å². The number of hydrogen-bond acceptors (Lipinski definition) is 7. The van der Waals surface area contributed by atoms with E-state index in [0.717, 1.165) is 6.92 Å². The molecule has 1 saturated heterocycles. The number of fused-ring (bicyclic) bond motifs is 2. The number of carbonyl (C=O) groups excluding carboxylic acids is 4. The Morgan fingerprint density at radius 3 is 2.40 bits per heavy atom. The van der Waals surface area contributed by atoms with E-state index in [4.69, 9.17) is 9.47 Å². The van der Waals surface area contributed by atoms with Crippen molar-refractivity contribution in [3.05, 3.63) is 16.7 Å². The van der Waals surface area contributed by atoms with Gasteiger partial charge < -0.3 is 29.7 Å². The van der Waals surface area contributed by atoms with Crippen LogP contribution in [0.4, 0.5) is 0 Å². The van der Waals surface area contributed by atoms with Crippen LogP contribution in [0.3, 0.4) is 0 Å². The van der Waals surface area contributed by atoms with Gasteiger partial charge in [0.1, 0.15) is 11.8 Å². The van der Waals surface area contributed by atoms with Gasteiger partial charge in [-0.3, -0.25) is 19.2 Å². The number of phenolic OH excluding ortho intramolecular Hbond substituents is 1. The van der Waals surface area contributed by atoms with Crippen molar-refractivity contribution in [3.8, 4) is 17.2 Å². The van der Waals surface area contributed by atoms with Gasteiger partial charge in [-0.15, -0.1) is 0 Å². The van der Waals surface area contributed by atoms with E-state index in [1.165, 1.54) is 24.0 Å². The van der Waals surface area contributed by atoms with Gasteiger partial charge in [-0.2, -0.15) is 0 Å². The average Bonchev–Trinajstić information content (AvgIpc) is 2.70. The van der Waals surface area contributed by atoms with Gasteiger partial charge in [0.2, 0.25) is 17.6 Å². The van der Waals surface area contributed by atoms with E-state index in [9.17, 15) is 24.3 Å². The van der Waals surface area contributed by atoms with Crippen molar-refractivity contribution in [2.24, 2.45) is 0 Å². The molecule has 2 N–H and O–H groups in total. The van der Waals surface area contributed by atoms with Crippen LogP contribution in [0.25, 0.3) is 0 Å². The Labute approximate surface area is 173 Å². The van der Waals surface area contributed by atoms with Gasteiger partial charge in [-0.05, 0) is 6.92 Å². The number of benzene rings is 1. The predicted molar refractivity (Wildman–Crippen MR) is 104 cm³/mol. The maximum absolute atomic E-state index is 12.9. The van der Waals surface area contributed by atoms with Crippen molar-refractivity contribution >= 4 is 23.5 Å². The van der Waals surface area contributed by atoms with Crippen molar-refractivity contribution in [3.63, 3.8) is 0 Å². The van der Waals surface area contributed by atoms with Crippen LogP contribution in [-0.4, -0.2) is 78.8 Å². The molecule has 3 amide bonds. The molecule has 1 aromatic carbocycles. The van der Waals surface area contributed by atoms with Gasteiger partial charge in [-0.1, -0.05) is 0 Å². The van der Waals surface area contributed by atoms with Crippen LogP contribution in [0.5, 0.6) is 17.2 Å². The Morgan fingerprint density at radius 1 is 1.20 bits per heavy atom. The summed E-state index contributed by atoms with van der Waals surface area (Å²) in [6, 6.07) is -1.63. The minimum absolute atomic E-state index is 0.112. The molecular formula is C20H25N3O7. The molecule has 2 heterocycles. The van der Waals surface area contributed by atoms with Gasteiger partial charge in [0, 0.05) is 43.6 Å². The van der Waals surface area contributed by atoms with Crippen LogP contribution in [0, 0.1) is 6.92 Å². The highest BCUT2D eigenvalue weighted by Gasteiger charge is 2.48. The summed E-state index contributed by atoms with van der Waals surface area (Å²) in [7, 11) is 4.39. The van der Waals surface area contributed by atoms with Crippen molar-refractivity contribution in [2.45, 2.75) is 32.4 Å². The van der Waals surface area contributed by atoms with E-state index >= 15 is 0 Å². The van der Waals surface area contributed by atoms with Crippen molar-refractivity contribution in [1.29, 1.82) is 0 Å². The number of methoxy groups -OCH3 is 2. The molecule has 2 aliphatic heterocycles. The van der Waals surface area contributed by atoms with E-state index in [2.05, 4.69) is 5.32 Å². The van der Waals surface area contributed by atoms with Gasteiger partial charge in [0.15, 0.2) is 11.5 Å². The molecule has 162 valence electrons. The zero-order valence-electron chi connectivity index (χ0n) is 17.6. The molecule has 0 saturated carbocycles. The summed E-state index contributed by atoms with van der Waals surface area (Å²) in [5, 5.41) is 13.2. The molecule has 1 aromatic rings. The molecule has 10 heteroatoms. The molecule has 0 radical (unpaired) electrons. The zero-order chi connectivity index (χ0) is 22.3. The maximum atomic E-state index is 12.9. The summed E-state index contributed by atoms with van der Waals surface area (Å²) >= 11 is 0. The highest BCUT2D eigenvalue weighted by molar-refractivity contribution is 6.35. The Morgan fingerprint density at radius 2 is 1.83 bits per heavy atom. The van der Waals surface area contributed by atoms with Gasteiger partial charge in [0.25, 0.3) is 5.91 Å². The van der Waals surface area contributed by atoms with E-state index in [1.54, 1.807) is 14.0 Å². The highest BCUT2D eigenvalue weighted by atomic mass is 16.5. The van der Waals surface area contributed by atoms with Gasteiger partial charge in [-0.25, -0.2) is 0 Å². The first-order chi connectivity index (χ1) is 14.1. The SMILES string of the molecule is COc1c(C)c(O)c(OC)c2c1C[C@H]1C(=O)N(C)CC(=O)N1[C@H]2CNC(=O)C(C)=O. The van der Waals surface area contributed by atoms with Crippen molar-refractivity contribution in [2.75, 3.05) is 34.4 Å². The van der Waals surface area contributed by atoms with Crippen LogP contribution in [0.1, 0.15) is 29.7 Å². The monoisotopic (exact) mass is 419 g/mol. The number of phenols is 1. The summed E-state index contributed by atoms with van der Waals surface area (Å²) in [5.41, 5.74) is 1.50. The van der Waals surface area contributed by atoms with Crippen LogP contribution in [0.2, 0.25) is 0 Å². The lowest BCUT2D eigenvalue weighted by Crippen LogP contribution is -2.63. The summed E-state index contributed by atoms with van der Waals surface area (Å²) in [6.45, 7) is 2.55. The Balaban J connectivity index is 2.23. The average molecular weight is 419 g/mol. The number of likely N-dealkylation sites (N-methyl/N-ethyl adjacent to an activating group) is 1. The van der Waals surface area contributed by atoms with E-state index in [0.29, 0.717) is 22.4 Å². The molecule has 2 atom stereocenters. The molecule has 2 aliphatic rings. The maximum Gasteiger partial charge on any atom is 0.287 e. The lowest BCUT2D eigenvalue weighted by atomic mass is 9.83. The molecule has 0 unspecified atom stereocenters. The Hall–Kier alpha value is -3.30. The number of nitrogens with zero attached hydrogens (tertiary/aromatic N) is 2. The number of piperazine rings is 1. The Bertz CT molecular complexity index is 943. The lowest BCUT2D eigenvalue weighted by molar-refractivity contribution is -0.158. The van der Waals surface area contributed by atoms with E-state index < -0.39 is 23.8 Å². The lowest BCUT2D eigenvalue weighted by Gasteiger charge is -2.47. The fourth-order valence-corrected chi connectivity index (χ4v) is 4.26. The first kappa shape index (κ1) is 21.4. The number of rotatable bonds is 5. The fraction of sp³-hybridized carbons (Fsp3) is 0.500. The van der Waals surface area contributed by atoms with E-state index in [-0.39, 0.29) is 42.8 Å². The second-order valence-corrected chi connectivity index (χ2v) is 7.43. The second-order valence-electron chi connectivity index (χ2n) is 7.43. The molecule has 10 nitrogen and oxygen atoms in total. The smallest absolute Gasteiger partial charge is 0.287 e. The summed E-state index contributed by atoms with van der Waals surface area (Å²) in [5.74, 6) is -1.66. The highest BCUT2D eigenvalue weighted by Crippen LogP contribution is 2.50. The van der Waals surface area contributed by atoms with Crippen LogP contribution < -0.4 is 14.8 Å². The van der Waals surface area contributed by atoms with Crippen LogP contribution >= 0.6 is 0 Å². The third kappa shape index (κ3) is 3.21. The third-order valence-electron chi connectivity index (χ3n) is 5.66. The largest absolute Gasteiger partial charge is 0.504 e. The Kier molecular flexibility index (Phi) is 5.60. The standard InChI is InChI=1S/C20H25N3O7/c1-9-16(26)18(30-5)15-11(17(9)29-4)6-12-20(28)22(3)8-14(25)23(12)13(15)7-21-19(27)10(2)24/h12-13,26H,6-8H2,1-5H3,(H,21,27)/t12-,13-/m0/s1. The third-order valence-corrected chi connectivity index (χ3v) is 5.66. The molecule has 0 aliphatic carbocycles. The van der Waals surface area contributed by atoms with Crippen LogP contribution in [0.15, 0.2) is 0 Å². The molecule has 3 rings (SSSR count). The van der Waals surface area contributed by atoms with Gasteiger partial charge >= 0.3 is 0 Å². The number of carbonyl (C=O) groups is 4. The fourth-order valence-electron chi connectivity index (χ4n) is 4.26. The quantitative estimate of drug-likeness (QED) is 0.627. The molecule has 0 aromatic heterocycles. The number of Topliss-reactive ketones (excluding diaryl/α,β-unsaturated/α-hetero) is 1. The summed E-state index contributed by atoms with van der Waals surface area (Å²) < 4.78 is 11.0. The topological polar surface area (TPSA) is 125 Å². The van der Waals surface area contributed by atoms with E-state index in [1.807, 2.05) is 0 Å². The summed E-state index contributed by atoms with van der Waals surface area (Å²) in [6.07, 6.45) is 0.169. The molecule has 1 fully saturated rings. The number of amides is 3. The number of nitrogens with one attached hydrogen (secondary N) is 1. The predicted octanol–water partition coefficient (Wildman–Crippen LogP) is -0.311. The van der Waals surface area contributed by atoms with Crippen molar-refractivity contribution in [1.82, 2.24) is 15.1 Å². The second kappa shape index (κ2) is 7.85. The van der Waals surface area contributed by atoms with Crippen molar-refractivity contribution < 1.29 is 33.8 Å². The normalized spacial score (nSPS) is 20.4. The first-order valence-corrected chi connectivity index (χ1v) is 9.45. The minimum atomic E-state index is -0.831. The first-order valence-electron chi connectivity index (χ1n) is 9.45. The molecule has 0 spiro atoms. The molecule has 30 heavy (non-hydrogen) atoms. The number of ether oxygens (including phenoxy) is 2. The van der Waals surface area contributed by atoms with Gasteiger partial charge in [0.05, 0.1) is 26.8 Å². The number of ketones is 1. The zero-order valence-corrected chi connectivity index (χ0v) is 17.6. The minimum Gasteiger partial charge on any atom is -0.504 e. The molecular weight excluding hydrogens is 394 g/mol.